The molecule has 10 heteroatoms. The summed E-state index contributed by atoms with van der Waals surface area (Å²) >= 11 is 0.906. The van der Waals surface area contributed by atoms with Gasteiger partial charge in [0.15, 0.2) is 5.13 Å². The van der Waals surface area contributed by atoms with Crippen molar-refractivity contribution in [2.45, 2.75) is 26.8 Å². The van der Waals surface area contributed by atoms with Crippen LogP contribution in [-0.4, -0.2) is 39.3 Å². The second-order valence-corrected chi connectivity index (χ2v) is 8.53. The first-order valence-corrected chi connectivity index (χ1v) is 11.2. The molecule has 1 N–H and O–H groups in total. The summed E-state index contributed by atoms with van der Waals surface area (Å²) in [6, 6.07) is 6.22. The fourth-order valence-electron chi connectivity index (χ4n) is 3.65. The van der Waals surface area contributed by atoms with Crippen LogP contribution in [0.2, 0.25) is 0 Å². The minimum absolute atomic E-state index is 0.0533. The minimum atomic E-state index is -1.08. The molecule has 8 nitrogen and oxygen atoms in total. The summed E-state index contributed by atoms with van der Waals surface area (Å²) in [4.78, 5) is 48.3. The fourth-order valence-corrected chi connectivity index (χ4v) is 4.64. The highest BCUT2D eigenvalue weighted by molar-refractivity contribution is 7.17. The zero-order chi connectivity index (χ0) is 24.6. The van der Waals surface area contributed by atoms with E-state index in [1.165, 1.54) is 24.5 Å². The number of pyridine rings is 1. The Morgan fingerprint density at radius 2 is 2.03 bits per heavy atom. The van der Waals surface area contributed by atoms with Crippen molar-refractivity contribution in [2.24, 2.45) is 0 Å². The molecule has 1 fully saturated rings. The van der Waals surface area contributed by atoms with Gasteiger partial charge in [0.1, 0.15) is 16.5 Å². The monoisotopic (exact) mass is 481 g/mol. The van der Waals surface area contributed by atoms with E-state index in [9.17, 15) is 23.9 Å². The number of aromatic nitrogens is 2. The van der Waals surface area contributed by atoms with Crippen molar-refractivity contribution in [3.63, 3.8) is 0 Å². The third kappa shape index (κ3) is 3.96. The lowest BCUT2D eigenvalue weighted by molar-refractivity contribution is -0.132. The summed E-state index contributed by atoms with van der Waals surface area (Å²) in [5.41, 5.74) is 0.960. The highest BCUT2D eigenvalue weighted by atomic mass is 32.1. The van der Waals surface area contributed by atoms with Gasteiger partial charge in [-0.3, -0.25) is 19.5 Å². The van der Waals surface area contributed by atoms with E-state index in [-0.39, 0.29) is 27.8 Å². The molecule has 3 heterocycles. The van der Waals surface area contributed by atoms with Crippen LogP contribution in [-0.2, 0) is 14.3 Å². The largest absolute Gasteiger partial charge is 0.507 e. The molecule has 34 heavy (non-hydrogen) atoms. The van der Waals surface area contributed by atoms with Crippen LogP contribution >= 0.6 is 11.3 Å². The Morgan fingerprint density at radius 1 is 1.26 bits per heavy atom. The average molecular weight is 482 g/mol. The van der Waals surface area contributed by atoms with Gasteiger partial charge in [0, 0.05) is 18.0 Å². The molecule has 1 aliphatic heterocycles. The molecule has 174 valence electrons. The standard InChI is InChI=1S/C24H20FN3O5S/c1-4-33-23(32)21-13(3)27-24(34-21)28-18(15-6-5-9-26-11-15)17(20(30)22(28)31)19(29)14-8-7-12(2)16(25)10-14/h5-11,18,29H,4H2,1-3H3/t18-/m0/s1. The number of nitrogens with zero attached hydrogens (tertiary/aromatic N) is 3. The van der Waals surface area contributed by atoms with Crippen LogP contribution in [0.4, 0.5) is 9.52 Å². The number of hydrogen-bond acceptors (Lipinski definition) is 8. The van der Waals surface area contributed by atoms with E-state index >= 15 is 0 Å². The molecular formula is C24H20FN3O5S. The number of thiazole rings is 1. The lowest BCUT2D eigenvalue weighted by Gasteiger charge is -2.22. The molecule has 0 aliphatic carbocycles. The first kappa shape index (κ1) is 23.2. The molecular weight excluding hydrogens is 461 g/mol. The number of ketones is 1. The van der Waals surface area contributed by atoms with Crippen molar-refractivity contribution in [2.75, 3.05) is 11.5 Å². The van der Waals surface area contributed by atoms with Gasteiger partial charge in [0.2, 0.25) is 0 Å². The molecule has 1 aliphatic rings. The summed E-state index contributed by atoms with van der Waals surface area (Å²) in [6.07, 6.45) is 2.98. The van der Waals surface area contributed by atoms with Crippen molar-refractivity contribution in [1.82, 2.24) is 9.97 Å². The van der Waals surface area contributed by atoms with Crippen molar-refractivity contribution in [1.29, 1.82) is 0 Å². The highest BCUT2D eigenvalue weighted by Gasteiger charge is 2.48. The number of ether oxygens (including phenoxy) is 1. The predicted molar refractivity (Wildman–Crippen MR) is 123 cm³/mol. The van der Waals surface area contributed by atoms with Gasteiger partial charge in [-0.1, -0.05) is 29.5 Å². The number of amides is 1. The summed E-state index contributed by atoms with van der Waals surface area (Å²) < 4.78 is 19.2. The lowest BCUT2D eigenvalue weighted by atomic mass is 9.96. The van der Waals surface area contributed by atoms with Crippen molar-refractivity contribution in [3.8, 4) is 0 Å². The summed E-state index contributed by atoms with van der Waals surface area (Å²) in [5, 5.41) is 11.1. The fraction of sp³-hybridized carbons (Fsp3) is 0.208. The molecule has 0 spiro atoms. The molecule has 1 amide bonds. The molecule has 4 rings (SSSR count). The van der Waals surface area contributed by atoms with Crippen molar-refractivity contribution in [3.05, 3.63) is 81.4 Å². The molecule has 1 saturated heterocycles. The number of aliphatic hydroxyl groups is 1. The Labute approximate surface area is 198 Å². The number of esters is 1. The lowest BCUT2D eigenvalue weighted by Crippen LogP contribution is -2.29. The van der Waals surface area contributed by atoms with Gasteiger partial charge in [0.25, 0.3) is 5.78 Å². The van der Waals surface area contributed by atoms with E-state index in [2.05, 4.69) is 9.97 Å². The SMILES string of the molecule is CCOC(=O)c1sc(N2C(=O)C(=O)C(=C(O)c3ccc(C)c(F)c3)[C@@H]2c2cccnc2)nc1C. The van der Waals surface area contributed by atoms with Gasteiger partial charge in [-0.05, 0) is 44.0 Å². The maximum absolute atomic E-state index is 14.2. The van der Waals surface area contributed by atoms with E-state index in [0.29, 0.717) is 16.8 Å². The van der Waals surface area contributed by atoms with Crippen molar-refractivity contribution >= 4 is 39.9 Å². The predicted octanol–water partition coefficient (Wildman–Crippen LogP) is 4.10. The molecule has 0 saturated carbocycles. The van der Waals surface area contributed by atoms with Gasteiger partial charge in [-0.25, -0.2) is 14.2 Å². The number of aryl methyl sites for hydroxylation is 2. The normalized spacial score (nSPS) is 17.3. The van der Waals surface area contributed by atoms with Crippen LogP contribution in [0, 0.1) is 19.7 Å². The van der Waals surface area contributed by atoms with E-state index in [4.69, 9.17) is 4.74 Å². The van der Waals surface area contributed by atoms with Crippen LogP contribution < -0.4 is 4.90 Å². The molecule has 0 unspecified atom stereocenters. The number of hydrogen-bond donors (Lipinski definition) is 1. The first-order chi connectivity index (χ1) is 16.2. The van der Waals surface area contributed by atoms with E-state index < -0.39 is 35.3 Å². The molecule has 2 aromatic heterocycles. The quantitative estimate of drug-likeness (QED) is 0.253. The topological polar surface area (TPSA) is 110 Å². The van der Waals surface area contributed by atoms with Gasteiger partial charge in [-0.15, -0.1) is 0 Å². The zero-order valence-corrected chi connectivity index (χ0v) is 19.4. The Bertz CT molecular complexity index is 1340. The van der Waals surface area contributed by atoms with E-state index in [1.54, 1.807) is 32.9 Å². The number of halogens is 1. The van der Waals surface area contributed by atoms with Crippen LogP contribution in [0.25, 0.3) is 5.76 Å². The molecule has 3 aromatic rings. The van der Waals surface area contributed by atoms with Gasteiger partial charge in [0.05, 0.1) is 23.9 Å². The van der Waals surface area contributed by atoms with E-state index in [1.807, 2.05) is 0 Å². The Balaban J connectivity index is 1.90. The van der Waals surface area contributed by atoms with Gasteiger partial charge >= 0.3 is 11.9 Å². The van der Waals surface area contributed by atoms with E-state index in [0.717, 1.165) is 22.3 Å². The second kappa shape index (κ2) is 9.14. The minimum Gasteiger partial charge on any atom is -0.507 e. The van der Waals surface area contributed by atoms with Crippen molar-refractivity contribution < 1.29 is 28.6 Å². The second-order valence-electron chi connectivity index (χ2n) is 7.55. The smallest absolute Gasteiger partial charge is 0.350 e. The average Bonchev–Trinajstić information content (AvgIpc) is 3.33. The molecule has 0 bridgehead atoms. The number of anilines is 1. The molecule has 1 aromatic carbocycles. The van der Waals surface area contributed by atoms with Crippen LogP contribution in [0.15, 0.2) is 48.3 Å². The number of benzene rings is 1. The summed E-state index contributed by atoms with van der Waals surface area (Å²) in [6.45, 7) is 5.00. The number of carbonyl (C=O) groups is 3. The maximum Gasteiger partial charge on any atom is 0.350 e. The third-order valence-corrected chi connectivity index (χ3v) is 6.48. The Hall–Kier alpha value is -3.92. The number of rotatable bonds is 5. The molecule has 1 atom stereocenters. The zero-order valence-electron chi connectivity index (χ0n) is 18.5. The number of aliphatic hydroxyl groups excluding tert-OH is 1. The first-order valence-electron chi connectivity index (χ1n) is 10.4. The summed E-state index contributed by atoms with van der Waals surface area (Å²) in [5.74, 6) is -3.57. The van der Waals surface area contributed by atoms with Crippen LogP contribution in [0.3, 0.4) is 0 Å². The Kier molecular flexibility index (Phi) is 6.25. The van der Waals surface area contributed by atoms with Gasteiger partial charge < -0.3 is 9.84 Å². The highest BCUT2D eigenvalue weighted by Crippen LogP contribution is 2.43. The number of Topliss-reactive ketones (excluding diaryl/α,β-unsaturated/α-hetero) is 1. The molecule has 0 radical (unpaired) electrons. The summed E-state index contributed by atoms with van der Waals surface area (Å²) in [7, 11) is 0. The Morgan fingerprint density at radius 3 is 2.68 bits per heavy atom. The van der Waals surface area contributed by atoms with Crippen LogP contribution in [0.5, 0.6) is 0 Å². The maximum atomic E-state index is 14.2. The third-order valence-electron chi connectivity index (χ3n) is 5.34. The van der Waals surface area contributed by atoms with Gasteiger partial charge in [-0.2, -0.15) is 0 Å². The number of carbonyl (C=O) groups excluding carboxylic acids is 3. The van der Waals surface area contributed by atoms with Crippen LogP contribution in [0.1, 0.15) is 45.0 Å².